The molecule has 2 amide bonds. The number of β-lactam (4-membered cyclic amide) rings is 1. The SMILES string of the molecule is C[C@@H](O)[C@H]1C(=O)N2C(C(=O)O)=C(SC3CN(c4nc(C(=O)NCC(=O)O)cs4)C3)[C@H](C)[C@H]12. The summed E-state index contributed by atoms with van der Waals surface area (Å²) in [5.74, 6) is -3.96. The minimum absolute atomic E-state index is 0.0134. The average molecular weight is 483 g/mol. The Balaban J connectivity index is 1.39. The summed E-state index contributed by atoms with van der Waals surface area (Å²) in [5, 5.41) is 32.8. The Bertz CT molecular complexity index is 1020. The van der Waals surface area contributed by atoms with Crippen molar-refractivity contribution in [3.63, 3.8) is 0 Å². The van der Waals surface area contributed by atoms with Gasteiger partial charge in [-0.2, -0.15) is 0 Å². The molecule has 11 nitrogen and oxygen atoms in total. The zero-order valence-electron chi connectivity index (χ0n) is 17.2. The number of carboxylic acids is 2. The predicted molar refractivity (Wildman–Crippen MR) is 115 cm³/mol. The van der Waals surface area contributed by atoms with Crippen molar-refractivity contribution < 1.29 is 34.5 Å². The van der Waals surface area contributed by atoms with E-state index >= 15 is 0 Å². The molecule has 0 bridgehead atoms. The maximum Gasteiger partial charge on any atom is 0.353 e. The molecule has 4 heterocycles. The zero-order valence-corrected chi connectivity index (χ0v) is 18.9. The van der Waals surface area contributed by atoms with Crippen LogP contribution in [-0.4, -0.2) is 86.0 Å². The van der Waals surface area contributed by atoms with E-state index in [-0.39, 0.29) is 34.5 Å². The Morgan fingerprint density at radius 2 is 2.03 bits per heavy atom. The summed E-state index contributed by atoms with van der Waals surface area (Å²) in [5.41, 5.74) is 0.161. The topological polar surface area (TPSA) is 160 Å². The normalized spacial score (nSPS) is 25.8. The molecule has 13 heteroatoms. The number of carboxylic acid groups (broad SMARTS) is 2. The Labute approximate surface area is 191 Å². The zero-order chi connectivity index (χ0) is 23.3. The van der Waals surface area contributed by atoms with Crippen LogP contribution in [0.15, 0.2) is 16.0 Å². The first kappa shape index (κ1) is 22.6. The lowest BCUT2D eigenvalue weighted by Crippen LogP contribution is -2.63. The number of thioether (sulfide) groups is 1. The molecule has 2 saturated heterocycles. The fourth-order valence-corrected chi connectivity index (χ4v) is 6.63. The van der Waals surface area contributed by atoms with Crippen molar-refractivity contribution in [3.05, 3.63) is 21.7 Å². The predicted octanol–water partition coefficient (Wildman–Crippen LogP) is 0.0330. The van der Waals surface area contributed by atoms with Crippen LogP contribution in [0.4, 0.5) is 5.13 Å². The Kier molecular flexibility index (Phi) is 5.90. The number of aliphatic carboxylic acids is 2. The number of nitrogens with one attached hydrogen (secondary N) is 1. The highest BCUT2D eigenvalue weighted by Crippen LogP contribution is 2.52. The summed E-state index contributed by atoms with van der Waals surface area (Å²) in [6, 6.07) is -0.335. The number of hydrogen-bond acceptors (Lipinski definition) is 9. The smallest absolute Gasteiger partial charge is 0.353 e. The van der Waals surface area contributed by atoms with Gasteiger partial charge in [0.25, 0.3) is 5.91 Å². The molecule has 1 aromatic heterocycles. The van der Waals surface area contributed by atoms with E-state index in [4.69, 9.17) is 5.11 Å². The van der Waals surface area contributed by atoms with Gasteiger partial charge in [-0.15, -0.1) is 23.1 Å². The Hall–Kier alpha value is -2.64. The molecule has 1 aromatic rings. The fourth-order valence-electron chi connectivity index (χ4n) is 4.29. The number of aliphatic hydroxyl groups excluding tert-OH is 1. The van der Waals surface area contributed by atoms with E-state index in [1.54, 1.807) is 12.3 Å². The number of thiazole rings is 1. The lowest BCUT2D eigenvalue weighted by Gasteiger charge is -2.46. The second kappa shape index (κ2) is 8.37. The first-order chi connectivity index (χ1) is 15.1. The average Bonchev–Trinajstić information content (AvgIpc) is 3.24. The van der Waals surface area contributed by atoms with Gasteiger partial charge in [0.2, 0.25) is 5.91 Å². The van der Waals surface area contributed by atoms with Gasteiger partial charge < -0.3 is 30.4 Å². The third-order valence-corrected chi connectivity index (χ3v) is 8.20. The van der Waals surface area contributed by atoms with Gasteiger partial charge in [-0.3, -0.25) is 14.4 Å². The van der Waals surface area contributed by atoms with E-state index < -0.39 is 36.4 Å². The minimum atomic E-state index is -1.15. The molecule has 172 valence electrons. The van der Waals surface area contributed by atoms with Crippen LogP contribution in [0.1, 0.15) is 24.3 Å². The maximum absolute atomic E-state index is 12.4. The van der Waals surface area contributed by atoms with Crippen molar-refractivity contribution >= 4 is 52.0 Å². The molecule has 0 aliphatic carbocycles. The fraction of sp³-hybridized carbons (Fsp3) is 0.526. The van der Waals surface area contributed by atoms with Crippen LogP contribution in [0.5, 0.6) is 0 Å². The molecule has 0 spiro atoms. The molecule has 4 N–H and O–H groups in total. The van der Waals surface area contributed by atoms with Crippen molar-refractivity contribution in [1.29, 1.82) is 0 Å². The number of nitrogens with zero attached hydrogens (tertiary/aromatic N) is 3. The third kappa shape index (κ3) is 3.73. The van der Waals surface area contributed by atoms with Gasteiger partial charge in [-0.1, -0.05) is 6.92 Å². The molecular formula is C19H22N4O7S2. The molecule has 3 aliphatic rings. The summed E-state index contributed by atoms with van der Waals surface area (Å²) in [4.78, 5) is 55.0. The number of amides is 2. The van der Waals surface area contributed by atoms with Crippen LogP contribution in [0.25, 0.3) is 0 Å². The van der Waals surface area contributed by atoms with Crippen molar-refractivity contribution in [2.24, 2.45) is 11.8 Å². The van der Waals surface area contributed by atoms with Crippen molar-refractivity contribution in [3.8, 4) is 0 Å². The summed E-state index contributed by atoms with van der Waals surface area (Å²) in [6.07, 6.45) is -0.836. The molecule has 3 aliphatic heterocycles. The van der Waals surface area contributed by atoms with Crippen molar-refractivity contribution in [2.45, 2.75) is 31.2 Å². The summed E-state index contributed by atoms with van der Waals surface area (Å²) in [7, 11) is 0. The molecule has 4 rings (SSSR count). The van der Waals surface area contributed by atoms with Crippen LogP contribution < -0.4 is 10.2 Å². The molecular weight excluding hydrogens is 460 g/mol. The number of aromatic nitrogens is 1. The van der Waals surface area contributed by atoms with Gasteiger partial charge in [0.15, 0.2) is 5.13 Å². The first-order valence-electron chi connectivity index (χ1n) is 9.95. The molecule has 2 fully saturated rings. The van der Waals surface area contributed by atoms with Gasteiger partial charge in [0.05, 0.1) is 18.1 Å². The maximum atomic E-state index is 12.4. The Morgan fingerprint density at radius 3 is 2.62 bits per heavy atom. The highest BCUT2D eigenvalue weighted by atomic mass is 32.2. The van der Waals surface area contributed by atoms with Crippen LogP contribution in [0.2, 0.25) is 0 Å². The van der Waals surface area contributed by atoms with E-state index in [1.165, 1.54) is 28.0 Å². The standard InChI is InChI=1S/C19H22N4O7S2/c1-7-13-12(8(2)24)17(28)23(13)14(18(29)30)15(7)32-9-4-22(5-9)19-21-10(6-31-19)16(27)20-3-11(25)26/h6-9,12-13,24H,3-5H2,1-2H3,(H,20,27)(H,25,26)(H,29,30)/t7-,8-,12-,13-/m1/s1. The van der Waals surface area contributed by atoms with Gasteiger partial charge in [-0.25, -0.2) is 9.78 Å². The summed E-state index contributed by atoms with van der Waals surface area (Å²) in [6.45, 7) is 4.14. The van der Waals surface area contributed by atoms with E-state index in [9.17, 15) is 29.4 Å². The second-order valence-corrected chi connectivity index (χ2v) is 10.2. The molecule has 0 saturated carbocycles. The molecule has 0 aromatic carbocycles. The lowest BCUT2D eigenvalue weighted by atomic mass is 9.79. The third-order valence-electron chi connectivity index (χ3n) is 5.85. The highest BCUT2D eigenvalue weighted by Gasteiger charge is 2.60. The van der Waals surface area contributed by atoms with Gasteiger partial charge in [0.1, 0.15) is 17.9 Å². The van der Waals surface area contributed by atoms with Gasteiger partial charge in [0, 0.05) is 34.5 Å². The molecule has 0 unspecified atom stereocenters. The van der Waals surface area contributed by atoms with E-state index in [2.05, 4.69) is 10.3 Å². The molecule has 4 atom stereocenters. The van der Waals surface area contributed by atoms with Crippen LogP contribution in [-0.2, 0) is 14.4 Å². The highest BCUT2D eigenvalue weighted by molar-refractivity contribution is 8.03. The Morgan fingerprint density at radius 1 is 1.34 bits per heavy atom. The number of carbonyl (C=O) groups excluding carboxylic acids is 2. The number of hydrogen-bond donors (Lipinski definition) is 4. The van der Waals surface area contributed by atoms with Crippen LogP contribution in [0.3, 0.4) is 0 Å². The minimum Gasteiger partial charge on any atom is -0.480 e. The largest absolute Gasteiger partial charge is 0.480 e. The number of carbonyl (C=O) groups is 4. The number of fused-ring (bicyclic) bond motifs is 1. The van der Waals surface area contributed by atoms with E-state index in [0.29, 0.717) is 23.1 Å². The van der Waals surface area contributed by atoms with Crippen LogP contribution >= 0.6 is 23.1 Å². The molecule has 0 radical (unpaired) electrons. The van der Waals surface area contributed by atoms with Crippen molar-refractivity contribution in [1.82, 2.24) is 15.2 Å². The number of rotatable bonds is 8. The van der Waals surface area contributed by atoms with Crippen LogP contribution in [0, 0.1) is 11.8 Å². The summed E-state index contributed by atoms with van der Waals surface area (Å²) >= 11 is 2.71. The lowest BCUT2D eigenvalue weighted by molar-refractivity contribution is -0.163. The van der Waals surface area contributed by atoms with Crippen molar-refractivity contribution in [2.75, 3.05) is 24.5 Å². The quantitative estimate of drug-likeness (QED) is 0.372. The first-order valence-corrected chi connectivity index (χ1v) is 11.7. The van der Waals surface area contributed by atoms with E-state index in [1.807, 2.05) is 11.8 Å². The van der Waals surface area contributed by atoms with Gasteiger partial charge >= 0.3 is 11.9 Å². The number of anilines is 1. The molecule has 32 heavy (non-hydrogen) atoms. The second-order valence-electron chi connectivity index (χ2n) is 8.01. The van der Waals surface area contributed by atoms with Gasteiger partial charge in [-0.05, 0) is 6.92 Å². The number of aliphatic hydroxyl groups is 1. The van der Waals surface area contributed by atoms with E-state index in [0.717, 1.165) is 0 Å². The summed E-state index contributed by atoms with van der Waals surface area (Å²) < 4.78 is 0. The monoisotopic (exact) mass is 482 g/mol.